The number of benzene rings is 3. The van der Waals surface area contributed by atoms with Gasteiger partial charge in [-0.3, -0.25) is 10.1 Å². The maximum atomic E-state index is 11.7. The highest BCUT2D eigenvalue weighted by Crippen LogP contribution is 2.36. The summed E-state index contributed by atoms with van der Waals surface area (Å²) < 4.78 is 1.96. The minimum Gasteiger partial charge on any atom is -0.305 e. The predicted molar refractivity (Wildman–Crippen MR) is 118 cm³/mol. The first-order valence-corrected chi connectivity index (χ1v) is 9.58. The molecule has 0 amide bonds. The average molecular weight is 391 g/mol. The number of hydrogen-bond donors (Lipinski definition) is 0. The van der Waals surface area contributed by atoms with Crippen LogP contribution >= 0.6 is 0 Å². The zero-order valence-electron chi connectivity index (χ0n) is 16.0. The number of nitro benzene ring substituents is 1. The molecular formula is C25H17N3O2. The first-order chi connectivity index (χ1) is 14.7. The van der Waals surface area contributed by atoms with Crippen LogP contribution in [-0.2, 0) is 0 Å². The van der Waals surface area contributed by atoms with Crippen LogP contribution in [0.5, 0.6) is 0 Å². The van der Waals surface area contributed by atoms with Crippen LogP contribution in [-0.4, -0.2) is 14.3 Å². The van der Waals surface area contributed by atoms with Gasteiger partial charge in [0.25, 0.3) is 5.69 Å². The van der Waals surface area contributed by atoms with Gasteiger partial charge < -0.3 is 4.40 Å². The Morgan fingerprint density at radius 2 is 1.33 bits per heavy atom. The van der Waals surface area contributed by atoms with Gasteiger partial charge in [0, 0.05) is 29.6 Å². The second-order valence-electron chi connectivity index (χ2n) is 7.01. The Hall–Kier alpha value is -4.25. The summed E-state index contributed by atoms with van der Waals surface area (Å²) >= 11 is 0. The molecule has 0 bridgehead atoms. The summed E-state index contributed by atoms with van der Waals surface area (Å²) in [6, 6.07) is 28.7. The summed E-state index contributed by atoms with van der Waals surface area (Å²) in [4.78, 5) is 16.2. The van der Waals surface area contributed by atoms with Gasteiger partial charge in [-0.15, -0.1) is 0 Å². The van der Waals surface area contributed by atoms with Crippen molar-refractivity contribution in [2.75, 3.05) is 0 Å². The lowest BCUT2D eigenvalue weighted by Crippen LogP contribution is -1.95. The first-order valence-electron chi connectivity index (χ1n) is 9.58. The third kappa shape index (κ3) is 3.12. The van der Waals surface area contributed by atoms with E-state index in [1.54, 1.807) is 12.1 Å². The minimum absolute atomic E-state index is 0.0638. The Morgan fingerprint density at radius 3 is 2.03 bits per heavy atom. The van der Waals surface area contributed by atoms with E-state index in [4.69, 9.17) is 4.98 Å². The maximum absolute atomic E-state index is 11.7. The van der Waals surface area contributed by atoms with Crippen molar-refractivity contribution < 1.29 is 4.92 Å². The van der Waals surface area contributed by atoms with Crippen LogP contribution in [0.1, 0.15) is 0 Å². The molecule has 0 aliphatic carbocycles. The number of nitro groups is 1. The lowest BCUT2D eigenvalue weighted by Gasteiger charge is -2.09. The van der Waals surface area contributed by atoms with E-state index in [1.165, 1.54) is 6.07 Å². The van der Waals surface area contributed by atoms with E-state index in [2.05, 4.69) is 0 Å². The quantitative estimate of drug-likeness (QED) is 0.269. The first kappa shape index (κ1) is 17.8. The van der Waals surface area contributed by atoms with Crippen LogP contribution in [0.4, 0.5) is 5.69 Å². The molecule has 5 nitrogen and oxygen atoms in total. The van der Waals surface area contributed by atoms with Gasteiger partial charge in [-0.1, -0.05) is 72.8 Å². The lowest BCUT2D eigenvalue weighted by molar-refractivity contribution is -0.384. The van der Waals surface area contributed by atoms with E-state index in [0.29, 0.717) is 11.2 Å². The van der Waals surface area contributed by atoms with Crippen molar-refractivity contribution in [3.63, 3.8) is 0 Å². The molecule has 3 aromatic carbocycles. The molecule has 0 N–H and O–H groups in total. The molecule has 0 aliphatic rings. The second kappa shape index (κ2) is 7.29. The zero-order valence-corrected chi connectivity index (χ0v) is 16.0. The van der Waals surface area contributed by atoms with Crippen molar-refractivity contribution in [2.45, 2.75) is 0 Å². The van der Waals surface area contributed by atoms with Crippen molar-refractivity contribution in [2.24, 2.45) is 0 Å². The predicted octanol–water partition coefficient (Wildman–Crippen LogP) is 6.24. The summed E-state index contributed by atoms with van der Waals surface area (Å²) in [5.74, 6) is 0. The molecule has 0 fully saturated rings. The Kier molecular flexibility index (Phi) is 4.33. The van der Waals surface area contributed by atoms with Gasteiger partial charge in [0.2, 0.25) is 0 Å². The van der Waals surface area contributed by atoms with Crippen molar-refractivity contribution in [3.05, 3.63) is 114 Å². The molecule has 2 heterocycles. The molecular weight excluding hydrogens is 374 g/mol. The molecule has 0 saturated heterocycles. The average Bonchev–Trinajstić information content (AvgIpc) is 3.24. The highest BCUT2D eigenvalue weighted by molar-refractivity contribution is 5.87. The van der Waals surface area contributed by atoms with Gasteiger partial charge in [0.1, 0.15) is 5.65 Å². The molecule has 0 radical (unpaired) electrons. The fraction of sp³-hybridized carbons (Fsp3) is 0. The Bertz CT molecular complexity index is 1360. The standard InChI is InChI=1S/C25H17N3O2/c29-28(30)24-14-8-7-13-21(24)22-15-20(18-9-3-1-4-10-18)16-27-17-23(26-25(22)27)19-11-5-2-6-12-19/h1-17H. The SMILES string of the molecule is O=[N+]([O-])c1ccccc1-c1cc(-c2ccccc2)cn2cc(-c3ccccc3)nc12. The van der Waals surface area contributed by atoms with Crippen molar-refractivity contribution in [3.8, 4) is 33.5 Å². The molecule has 30 heavy (non-hydrogen) atoms. The zero-order chi connectivity index (χ0) is 20.5. The number of hydrogen-bond acceptors (Lipinski definition) is 3. The molecule has 144 valence electrons. The summed E-state index contributed by atoms with van der Waals surface area (Å²) in [5, 5.41) is 11.7. The van der Waals surface area contributed by atoms with Crippen LogP contribution in [0.25, 0.3) is 39.2 Å². The van der Waals surface area contributed by atoms with E-state index < -0.39 is 0 Å². The summed E-state index contributed by atoms with van der Waals surface area (Å²) in [6.45, 7) is 0. The molecule has 5 rings (SSSR count). The van der Waals surface area contributed by atoms with E-state index >= 15 is 0 Å². The normalized spacial score (nSPS) is 10.9. The van der Waals surface area contributed by atoms with Gasteiger partial charge in [-0.05, 0) is 23.3 Å². The Morgan fingerprint density at radius 1 is 0.700 bits per heavy atom. The van der Waals surface area contributed by atoms with Crippen molar-refractivity contribution in [1.29, 1.82) is 0 Å². The van der Waals surface area contributed by atoms with Crippen LogP contribution in [0.3, 0.4) is 0 Å². The van der Waals surface area contributed by atoms with Crippen LogP contribution in [0.15, 0.2) is 103 Å². The fourth-order valence-electron chi connectivity index (χ4n) is 3.69. The third-order valence-electron chi connectivity index (χ3n) is 5.12. The largest absolute Gasteiger partial charge is 0.305 e. The van der Waals surface area contributed by atoms with E-state index in [9.17, 15) is 10.1 Å². The molecule has 0 saturated carbocycles. The molecule has 5 aromatic rings. The fourth-order valence-corrected chi connectivity index (χ4v) is 3.69. The number of aromatic nitrogens is 2. The smallest absolute Gasteiger partial charge is 0.277 e. The van der Waals surface area contributed by atoms with Gasteiger partial charge >= 0.3 is 0 Å². The van der Waals surface area contributed by atoms with Gasteiger partial charge in [0.05, 0.1) is 16.2 Å². The number of fused-ring (bicyclic) bond motifs is 1. The van der Waals surface area contributed by atoms with Crippen molar-refractivity contribution in [1.82, 2.24) is 9.38 Å². The number of pyridine rings is 1. The maximum Gasteiger partial charge on any atom is 0.277 e. The van der Waals surface area contributed by atoms with E-state index in [-0.39, 0.29) is 10.6 Å². The van der Waals surface area contributed by atoms with Gasteiger partial charge in [-0.2, -0.15) is 0 Å². The third-order valence-corrected chi connectivity index (χ3v) is 5.12. The van der Waals surface area contributed by atoms with Crippen LogP contribution < -0.4 is 0 Å². The summed E-state index contributed by atoms with van der Waals surface area (Å²) in [6.07, 6.45) is 3.98. The molecule has 2 aromatic heterocycles. The topological polar surface area (TPSA) is 60.4 Å². The number of imidazole rings is 1. The number of para-hydroxylation sites is 1. The van der Waals surface area contributed by atoms with Crippen molar-refractivity contribution >= 4 is 11.3 Å². The van der Waals surface area contributed by atoms with Gasteiger partial charge in [0.15, 0.2) is 0 Å². The lowest BCUT2D eigenvalue weighted by atomic mass is 10.00. The minimum atomic E-state index is -0.345. The van der Waals surface area contributed by atoms with Crippen LogP contribution in [0.2, 0.25) is 0 Å². The van der Waals surface area contributed by atoms with Gasteiger partial charge in [-0.25, -0.2) is 4.98 Å². The Labute approximate surface area is 173 Å². The summed E-state index contributed by atoms with van der Waals surface area (Å²) in [7, 11) is 0. The van der Waals surface area contributed by atoms with E-state index in [1.807, 2.05) is 89.6 Å². The number of nitrogens with zero attached hydrogens (tertiary/aromatic N) is 3. The summed E-state index contributed by atoms with van der Waals surface area (Å²) in [5.41, 5.74) is 5.84. The second-order valence-corrected chi connectivity index (χ2v) is 7.01. The monoisotopic (exact) mass is 391 g/mol. The molecule has 0 atom stereocenters. The highest BCUT2D eigenvalue weighted by atomic mass is 16.6. The van der Waals surface area contributed by atoms with E-state index in [0.717, 1.165) is 27.9 Å². The Balaban J connectivity index is 1.81. The molecule has 0 spiro atoms. The molecule has 5 heteroatoms. The molecule has 0 aliphatic heterocycles. The highest BCUT2D eigenvalue weighted by Gasteiger charge is 2.19. The van der Waals surface area contributed by atoms with Crippen LogP contribution in [0, 0.1) is 10.1 Å². The number of rotatable bonds is 4. The molecule has 0 unspecified atom stereocenters.